The van der Waals surface area contributed by atoms with Crippen molar-refractivity contribution in [2.24, 2.45) is 0 Å². The van der Waals surface area contributed by atoms with Crippen molar-refractivity contribution in [3.8, 4) is 0 Å². The lowest BCUT2D eigenvalue weighted by Crippen LogP contribution is -2.26. The summed E-state index contributed by atoms with van der Waals surface area (Å²) in [6.45, 7) is 5.81. The minimum Gasteiger partial charge on any atom is -0.295 e. The van der Waals surface area contributed by atoms with Crippen LogP contribution in [0.5, 0.6) is 0 Å². The molecule has 2 unspecified atom stereocenters. The minimum absolute atomic E-state index is 0.690. The summed E-state index contributed by atoms with van der Waals surface area (Å²) in [5.74, 6) is 0. The molecule has 16 heavy (non-hydrogen) atoms. The molecule has 2 nitrogen and oxygen atoms in total. The van der Waals surface area contributed by atoms with E-state index >= 15 is 0 Å². The van der Waals surface area contributed by atoms with Gasteiger partial charge in [-0.3, -0.25) is 10.2 Å². The molecular formula is C14H30N2. The van der Waals surface area contributed by atoms with Gasteiger partial charge >= 0.3 is 0 Å². The molecule has 1 aliphatic rings. The second-order valence-corrected chi connectivity index (χ2v) is 5.26. The van der Waals surface area contributed by atoms with Gasteiger partial charge in [0.2, 0.25) is 0 Å². The van der Waals surface area contributed by atoms with Gasteiger partial charge in [0.1, 0.15) is 0 Å². The molecule has 0 aromatic rings. The predicted molar refractivity (Wildman–Crippen MR) is 71.6 cm³/mol. The molecule has 1 aliphatic heterocycles. The summed E-state index contributed by atoms with van der Waals surface area (Å²) in [5.41, 5.74) is 0. The summed E-state index contributed by atoms with van der Waals surface area (Å²) in [6.07, 6.45) is 11.7. The Morgan fingerprint density at radius 1 is 0.938 bits per heavy atom. The highest BCUT2D eigenvalue weighted by Gasteiger charge is 2.37. The van der Waals surface area contributed by atoms with E-state index in [1.54, 1.807) is 0 Å². The van der Waals surface area contributed by atoms with E-state index in [-0.39, 0.29) is 0 Å². The number of hydrogen-bond acceptors (Lipinski definition) is 2. The molecule has 1 fully saturated rings. The fraction of sp³-hybridized carbons (Fsp3) is 1.00. The highest BCUT2D eigenvalue weighted by molar-refractivity contribution is 4.95. The lowest BCUT2D eigenvalue weighted by Gasteiger charge is -2.15. The molecule has 96 valence electrons. The summed E-state index contributed by atoms with van der Waals surface area (Å²) in [6, 6.07) is 0.787. The van der Waals surface area contributed by atoms with Crippen molar-refractivity contribution in [2.45, 2.75) is 77.4 Å². The van der Waals surface area contributed by atoms with E-state index in [4.69, 9.17) is 0 Å². The quantitative estimate of drug-likeness (QED) is 0.456. The zero-order valence-electron chi connectivity index (χ0n) is 11.5. The van der Waals surface area contributed by atoms with Crippen LogP contribution in [0.1, 0.15) is 65.2 Å². The molecule has 0 radical (unpaired) electrons. The molecule has 0 amide bonds. The largest absolute Gasteiger partial charge is 0.295 e. The van der Waals surface area contributed by atoms with Gasteiger partial charge in [0.25, 0.3) is 0 Å². The SMILES string of the molecule is CCCCCCCCN(C)C1NC1CCC. The molecule has 0 aliphatic carbocycles. The topological polar surface area (TPSA) is 25.2 Å². The summed E-state index contributed by atoms with van der Waals surface area (Å²) in [5, 5.41) is 3.56. The summed E-state index contributed by atoms with van der Waals surface area (Å²) in [4.78, 5) is 2.50. The zero-order chi connectivity index (χ0) is 11.8. The van der Waals surface area contributed by atoms with Gasteiger partial charge in [-0.2, -0.15) is 0 Å². The third kappa shape index (κ3) is 5.31. The number of rotatable bonds is 10. The second kappa shape index (κ2) is 8.08. The normalized spacial score (nSPS) is 24.0. The maximum absolute atomic E-state index is 3.56. The van der Waals surface area contributed by atoms with Crippen molar-refractivity contribution in [3.05, 3.63) is 0 Å². The van der Waals surface area contributed by atoms with Crippen molar-refractivity contribution >= 4 is 0 Å². The van der Waals surface area contributed by atoms with E-state index in [1.165, 1.54) is 57.9 Å². The molecule has 0 saturated carbocycles. The van der Waals surface area contributed by atoms with Crippen LogP contribution in [0.15, 0.2) is 0 Å². The van der Waals surface area contributed by atoms with Crippen LogP contribution in [0.25, 0.3) is 0 Å². The molecule has 1 N–H and O–H groups in total. The van der Waals surface area contributed by atoms with E-state index in [9.17, 15) is 0 Å². The van der Waals surface area contributed by atoms with Crippen LogP contribution in [0.3, 0.4) is 0 Å². The second-order valence-electron chi connectivity index (χ2n) is 5.26. The van der Waals surface area contributed by atoms with Crippen molar-refractivity contribution < 1.29 is 0 Å². The molecule has 2 atom stereocenters. The Kier molecular flexibility index (Phi) is 7.06. The molecule has 0 bridgehead atoms. The highest BCUT2D eigenvalue weighted by atomic mass is 15.4. The fourth-order valence-corrected chi connectivity index (χ4v) is 2.43. The number of unbranched alkanes of at least 4 members (excludes halogenated alkanes) is 5. The van der Waals surface area contributed by atoms with Gasteiger partial charge in [0, 0.05) is 6.04 Å². The third-order valence-electron chi connectivity index (χ3n) is 3.60. The van der Waals surface area contributed by atoms with E-state index in [0.29, 0.717) is 6.17 Å². The van der Waals surface area contributed by atoms with Gasteiger partial charge in [0.15, 0.2) is 0 Å². The Bertz CT molecular complexity index is 170. The van der Waals surface area contributed by atoms with Crippen LogP contribution in [-0.2, 0) is 0 Å². The Morgan fingerprint density at radius 3 is 2.31 bits per heavy atom. The molecule has 0 aromatic heterocycles. The van der Waals surface area contributed by atoms with Gasteiger partial charge in [-0.05, 0) is 26.4 Å². The van der Waals surface area contributed by atoms with Crippen molar-refractivity contribution in [1.82, 2.24) is 10.2 Å². The number of nitrogens with zero attached hydrogens (tertiary/aromatic N) is 1. The van der Waals surface area contributed by atoms with Crippen LogP contribution >= 0.6 is 0 Å². The van der Waals surface area contributed by atoms with Gasteiger partial charge in [-0.15, -0.1) is 0 Å². The first kappa shape index (κ1) is 14.0. The van der Waals surface area contributed by atoms with Crippen molar-refractivity contribution in [2.75, 3.05) is 13.6 Å². The first-order valence-electron chi connectivity index (χ1n) is 7.25. The average Bonchev–Trinajstić information content (AvgIpc) is 3.03. The van der Waals surface area contributed by atoms with Gasteiger partial charge in [0.05, 0.1) is 6.17 Å². The summed E-state index contributed by atoms with van der Waals surface area (Å²) < 4.78 is 0. The first-order chi connectivity index (χ1) is 7.79. The third-order valence-corrected chi connectivity index (χ3v) is 3.60. The van der Waals surface area contributed by atoms with E-state index in [2.05, 4.69) is 31.1 Å². The first-order valence-corrected chi connectivity index (χ1v) is 7.25. The lowest BCUT2D eigenvalue weighted by atomic mass is 10.1. The average molecular weight is 226 g/mol. The number of likely N-dealkylation sites (N-methyl/N-ethyl adjacent to an activating group) is 1. The van der Waals surface area contributed by atoms with Crippen LogP contribution < -0.4 is 5.32 Å². The number of hydrogen-bond donors (Lipinski definition) is 1. The fourth-order valence-electron chi connectivity index (χ4n) is 2.43. The monoisotopic (exact) mass is 226 g/mol. The van der Waals surface area contributed by atoms with Crippen LogP contribution in [-0.4, -0.2) is 30.7 Å². The molecular weight excluding hydrogens is 196 g/mol. The molecule has 0 spiro atoms. The van der Waals surface area contributed by atoms with Crippen LogP contribution in [0, 0.1) is 0 Å². The predicted octanol–water partition coefficient (Wildman–Crippen LogP) is 3.38. The van der Waals surface area contributed by atoms with Gasteiger partial charge in [-0.1, -0.05) is 52.4 Å². The summed E-state index contributed by atoms with van der Waals surface area (Å²) >= 11 is 0. The Labute approximate surface area is 102 Å². The highest BCUT2D eigenvalue weighted by Crippen LogP contribution is 2.19. The lowest BCUT2D eigenvalue weighted by molar-refractivity contribution is 0.302. The standard InChI is InChI=1S/C14H30N2/c1-4-6-7-8-9-10-12-16(3)14-13(15-14)11-5-2/h13-15H,4-12H2,1-3H3. The van der Waals surface area contributed by atoms with Crippen molar-refractivity contribution in [3.63, 3.8) is 0 Å². The van der Waals surface area contributed by atoms with Crippen LogP contribution in [0.2, 0.25) is 0 Å². The Morgan fingerprint density at radius 2 is 1.62 bits per heavy atom. The minimum atomic E-state index is 0.690. The molecule has 1 heterocycles. The van der Waals surface area contributed by atoms with Gasteiger partial charge < -0.3 is 0 Å². The zero-order valence-corrected chi connectivity index (χ0v) is 11.5. The molecule has 2 heteroatoms. The maximum Gasteiger partial charge on any atom is 0.0756 e. The smallest absolute Gasteiger partial charge is 0.0756 e. The Hall–Kier alpha value is -0.0800. The molecule has 1 rings (SSSR count). The van der Waals surface area contributed by atoms with E-state index in [0.717, 1.165) is 6.04 Å². The molecule has 1 saturated heterocycles. The molecule has 0 aromatic carbocycles. The van der Waals surface area contributed by atoms with Crippen molar-refractivity contribution in [1.29, 1.82) is 0 Å². The maximum atomic E-state index is 3.56. The Balaban J connectivity index is 1.89. The number of nitrogens with one attached hydrogen (secondary N) is 1. The van der Waals surface area contributed by atoms with Gasteiger partial charge in [-0.25, -0.2) is 0 Å². The van der Waals surface area contributed by atoms with E-state index in [1.807, 2.05) is 0 Å². The van der Waals surface area contributed by atoms with E-state index < -0.39 is 0 Å². The summed E-state index contributed by atoms with van der Waals surface area (Å²) in [7, 11) is 2.26. The van der Waals surface area contributed by atoms with Crippen LogP contribution in [0.4, 0.5) is 0 Å².